The van der Waals surface area contributed by atoms with Crippen LogP contribution in [0.3, 0.4) is 0 Å². The third-order valence-corrected chi connectivity index (χ3v) is 4.47. The average Bonchev–Trinajstić information content (AvgIpc) is 2.53. The first-order valence-corrected chi connectivity index (χ1v) is 8.43. The van der Waals surface area contributed by atoms with Crippen LogP contribution in [0.5, 0.6) is 0 Å². The van der Waals surface area contributed by atoms with Crippen LogP contribution in [0.2, 0.25) is 0 Å². The Morgan fingerprint density at radius 2 is 1.83 bits per heavy atom. The average molecular weight is 312 g/mol. The van der Waals surface area contributed by atoms with Crippen molar-refractivity contribution < 1.29 is 4.39 Å². The Balaban J connectivity index is 1.56. The van der Waals surface area contributed by atoms with Crippen LogP contribution in [0, 0.1) is 11.7 Å². The normalized spacial score (nSPS) is 22.2. The lowest BCUT2D eigenvalue weighted by atomic mass is 9.95. The van der Waals surface area contributed by atoms with Gasteiger partial charge in [0.05, 0.1) is 0 Å². The molecule has 3 heteroatoms. The van der Waals surface area contributed by atoms with E-state index in [-0.39, 0.29) is 5.82 Å². The summed E-state index contributed by atoms with van der Waals surface area (Å²) in [5.41, 5.74) is 2.38. The molecule has 2 unspecified atom stereocenters. The standard InChI is InChI=1S/C20H25FN2/c1-16-10-20(22-12-17-6-3-2-4-7-17)15-23(13-16)14-18-8-5-9-19(21)11-18/h2-9,11,16,20,22H,10,12-15H2,1H3. The molecule has 1 aliphatic heterocycles. The first-order chi connectivity index (χ1) is 11.2. The summed E-state index contributed by atoms with van der Waals surface area (Å²) < 4.78 is 13.4. The summed E-state index contributed by atoms with van der Waals surface area (Å²) in [6.45, 7) is 6.14. The lowest BCUT2D eigenvalue weighted by molar-refractivity contribution is 0.141. The predicted octanol–water partition coefficient (Wildman–Crippen LogP) is 3.83. The minimum absolute atomic E-state index is 0.147. The van der Waals surface area contributed by atoms with Crippen molar-refractivity contribution in [3.05, 3.63) is 71.5 Å². The molecule has 1 saturated heterocycles. The van der Waals surface area contributed by atoms with Gasteiger partial charge in [-0.15, -0.1) is 0 Å². The second-order valence-electron chi connectivity index (χ2n) is 6.73. The van der Waals surface area contributed by atoms with Crippen LogP contribution in [-0.4, -0.2) is 24.0 Å². The van der Waals surface area contributed by atoms with Gasteiger partial charge in [0.15, 0.2) is 0 Å². The van der Waals surface area contributed by atoms with Crippen LogP contribution >= 0.6 is 0 Å². The van der Waals surface area contributed by atoms with Gasteiger partial charge in [-0.25, -0.2) is 4.39 Å². The fourth-order valence-corrected chi connectivity index (χ4v) is 3.49. The Morgan fingerprint density at radius 1 is 1.04 bits per heavy atom. The van der Waals surface area contributed by atoms with Crippen LogP contribution in [0.25, 0.3) is 0 Å². The molecule has 0 bridgehead atoms. The second kappa shape index (κ2) is 7.71. The van der Waals surface area contributed by atoms with Gasteiger partial charge in [-0.05, 0) is 35.6 Å². The third kappa shape index (κ3) is 4.88. The van der Waals surface area contributed by atoms with Crippen LogP contribution < -0.4 is 5.32 Å². The summed E-state index contributed by atoms with van der Waals surface area (Å²) in [4.78, 5) is 2.44. The number of nitrogens with zero attached hydrogens (tertiary/aromatic N) is 1. The van der Waals surface area contributed by atoms with Gasteiger partial charge in [0.1, 0.15) is 5.82 Å². The van der Waals surface area contributed by atoms with Crippen molar-refractivity contribution in [2.75, 3.05) is 13.1 Å². The highest BCUT2D eigenvalue weighted by Crippen LogP contribution is 2.19. The van der Waals surface area contributed by atoms with Crippen LogP contribution in [-0.2, 0) is 13.1 Å². The maximum Gasteiger partial charge on any atom is 0.123 e. The van der Waals surface area contributed by atoms with Crippen molar-refractivity contribution in [2.45, 2.75) is 32.5 Å². The molecule has 0 aliphatic carbocycles. The van der Waals surface area contributed by atoms with Crippen molar-refractivity contribution in [1.82, 2.24) is 10.2 Å². The van der Waals surface area contributed by atoms with Crippen molar-refractivity contribution in [2.24, 2.45) is 5.92 Å². The van der Waals surface area contributed by atoms with Gasteiger partial charge in [0.2, 0.25) is 0 Å². The highest BCUT2D eigenvalue weighted by molar-refractivity contribution is 5.16. The van der Waals surface area contributed by atoms with Gasteiger partial charge >= 0.3 is 0 Å². The maximum atomic E-state index is 13.4. The topological polar surface area (TPSA) is 15.3 Å². The number of rotatable bonds is 5. The van der Waals surface area contributed by atoms with Crippen LogP contribution in [0.15, 0.2) is 54.6 Å². The second-order valence-corrected chi connectivity index (χ2v) is 6.73. The number of benzene rings is 2. The monoisotopic (exact) mass is 312 g/mol. The van der Waals surface area contributed by atoms with Gasteiger partial charge in [-0.2, -0.15) is 0 Å². The fraction of sp³-hybridized carbons (Fsp3) is 0.400. The van der Waals surface area contributed by atoms with Gasteiger partial charge in [-0.1, -0.05) is 49.4 Å². The van der Waals surface area contributed by atoms with E-state index in [0.29, 0.717) is 12.0 Å². The Labute approximate surface area is 138 Å². The molecule has 0 saturated carbocycles. The summed E-state index contributed by atoms with van der Waals surface area (Å²) in [6, 6.07) is 18.0. The molecular formula is C20H25FN2. The van der Waals surface area contributed by atoms with E-state index in [1.54, 1.807) is 12.1 Å². The highest BCUT2D eigenvalue weighted by atomic mass is 19.1. The molecule has 0 aromatic heterocycles. The first-order valence-electron chi connectivity index (χ1n) is 8.43. The van der Waals surface area contributed by atoms with E-state index < -0.39 is 0 Å². The van der Waals surface area contributed by atoms with E-state index in [1.165, 1.54) is 18.1 Å². The SMILES string of the molecule is CC1CC(NCc2ccccc2)CN(Cc2cccc(F)c2)C1. The van der Waals surface area contributed by atoms with E-state index in [1.807, 2.05) is 12.1 Å². The minimum atomic E-state index is -0.147. The minimum Gasteiger partial charge on any atom is -0.309 e. The van der Waals surface area contributed by atoms with E-state index in [2.05, 4.69) is 41.4 Å². The third-order valence-electron chi connectivity index (χ3n) is 4.47. The Bertz CT molecular complexity index is 614. The lowest BCUT2D eigenvalue weighted by Crippen LogP contribution is -2.48. The first kappa shape index (κ1) is 16.2. The van der Waals surface area contributed by atoms with Gasteiger partial charge in [0, 0.05) is 32.2 Å². The molecular weight excluding hydrogens is 287 g/mol. The Morgan fingerprint density at radius 3 is 2.61 bits per heavy atom. The quantitative estimate of drug-likeness (QED) is 0.903. The van der Waals surface area contributed by atoms with Crippen LogP contribution in [0.1, 0.15) is 24.5 Å². The molecule has 0 spiro atoms. The number of piperidine rings is 1. The fourth-order valence-electron chi connectivity index (χ4n) is 3.49. The smallest absolute Gasteiger partial charge is 0.123 e. The molecule has 0 radical (unpaired) electrons. The van der Waals surface area contributed by atoms with Crippen molar-refractivity contribution in [1.29, 1.82) is 0 Å². The highest BCUT2D eigenvalue weighted by Gasteiger charge is 2.24. The zero-order chi connectivity index (χ0) is 16.1. The summed E-state index contributed by atoms with van der Waals surface area (Å²) in [7, 11) is 0. The predicted molar refractivity (Wildman–Crippen MR) is 92.5 cm³/mol. The van der Waals surface area contributed by atoms with E-state index in [9.17, 15) is 4.39 Å². The molecule has 3 rings (SSSR count). The summed E-state index contributed by atoms with van der Waals surface area (Å²) in [5, 5.41) is 3.68. The lowest BCUT2D eigenvalue weighted by Gasteiger charge is -2.37. The van der Waals surface area contributed by atoms with Gasteiger partial charge < -0.3 is 5.32 Å². The number of hydrogen-bond donors (Lipinski definition) is 1. The van der Waals surface area contributed by atoms with E-state index in [4.69, 9.17) is 0 Å². The molecule has 2 atom stereocenters. The largest absolute Gasteiger partial charge is 0.309 e. The van der Waals surface area contributed by atoms with Crippen molar-refractivity contribution in [3.63, 3.8) is 0 Å². The molecule has 23 heavy (non-hydrogen) atoms. The number of halogens is 1. The molecule has 2 aromatic carbocycles. The van der Waals surface area contributed by atoms with Gasteiger partial charge in [0.25, 0.3) is 0 Å². The summed E-state index contributed by atoms with van der Waals surface area (Å²) in [5.74, 6) is 0.511. The molecule has 1 N–H and O–H groups in total. The number of hydrogen-bond acceptors (Lipinski definition) is 2. The summed E-state index contributed by atoms with van der Waals surface area (Å²) >= 11 is 0. The molecule has 1 heterocycles. The molecule has 1 fully saturated rings. The Kier molecular flexibility index (Phi) is 5.42. The molecule has 0 amide bonds. The van der Waals surface area contributed by atoms with E-state index >= 15 is 0 Å². The van der Waals surface area contributed by atoms with Crippen molar-refractivity contribution >= 4 is 0 Å². The molecule has 122 valence electrons. The number of likely N-dealkylation sites (tertiary alicyclic amines) is 1. The molecule has 2 nitrogen and oxygen atoms in total. The zero-order valence-corrected chi connectivity index (χ0v) is 13.7. The van der Waals surface area contributed by atoms with Crippen molar-refractivity contribution in [3.8, 4) is 0 Å². The number of nitrogens with one attached hydrogen (secondary N) is 1. The maximum absolute atomic E-state index is 13.4. The van der Waals surface area contributed by atoms with Crippen LogP contribution in [0.4, 0.5) is 4.39 Å². The molecule has 1 aliphatic rings. The van der Waals surface area contributed by atoms with Gasteiger partial charge in [-0.3, -0.25) is 4.90 Å². The summed E-state index contributed by atoms with van der Waals surface area (Å²) in [6.07, 6.45) is 1.20. The molecule has 2 aromatic rings. The zero-order valence-electron chi connectivity index (χ0n) is 13.7. The Hall–Kier alpha value is -1.71. The van der Waals surface area contributed by atoms with E-state index in [0.717, 1.165) is 31.7 Å².